The quantitative estimate of drug-likeness (QED) is 0.0599. The molecular weight excluding hydrogens is 754 g/mol. The van der Waals surface area contributed by atoms with Gasteiger partial charge >= 0.3 is 0 Å². The van der Waals surface area contributed by atoms with Crippen LogP contribution < -0.4 is 31.8 Å². The molecule has 6 aromatic rings. The maximum absolute atomic E-state index is 2.51. The molecule has 3 heteroatoms. The minimum atomic E-state index is -0.743. The SMILES string of the molecule is CCCCc1ccccc1P(c1ccccc1CCCC)c1ccc[c-]1P(c1ccccc1CCCC)c1ccccc1CCCC.[Zr].[cH-]1[cH-][cH-][cH-][cH-]1. The Hall–Kier alpha value is -2.68. The average molecular weight is 814 g/mol. The Morgan fingerprint density at radius 3 is 1.09 bits per heavy atom. The maximum atomic E-state index is 2.51. The van der Waals surface area contributed by atoms with Crippen LogP contribution in [0.1, 0.15) is 101 Å². The van der Waals surface area contributed by atoms with Gasteiger partial charge in [-0.3, -0.25) is 0 Å². The molecule has 0 heterocycles. The summed E-state index contributed by atoms with van der Waals surface area (Å²) in [5.74, 6) is 0. The molecule has 0 unspecified atom stereocenters. The predicted octanol–water partition coefficient (Wildman–Crippen LogP) is 11.7. The summed E-state index contributed by atoms with van der Waals surface area (Å²) in [5, 5.41) is 9.35. The van der Waals surface area contributed by atoms with Gasteiger partial charge in [0.25, 0.3) is 0 Å². The van der Waals surface area contributed by atoms with Crippen LogP contribution in [0.4, 0.5) is 0 Å². The van der Waals surface area contributed by atoms with Crippen molar-refractivity contribution in [3.05, 3.63) is 168 Å². The molecule has 0 fully saturated rings. The first-order valence-electron chi connectivity index (χ1n) is 20.1. The van der Waals surface area contributed by atoms with Gasteiger partial charge in [0.2, 0.25) is 0 Å². The van der Waals surface area contributed by atoms with Gasteiger partial charge in [-0.15, -0.1) is 10.6 Å². The van der Waals surface area contributed by atoms with Crippen LogP contribution in [0.5, 0.6) is 0 Å². The van der Waals surface area contributed by atoms with E-state index < -0.39 is 15.8 Å². The molecule has 0 aliphatic heterocycles. The van der Waals surface area contributed by atoms with E-state index in [2.05, 4.69) is 143 Å². The minimum Gasteiger partial charge on any atom is -0.748 e. The molecule has 0 bridgehead atoms. The van der Waals surface area contributed by atoms with E-state index in [1.807, 2.05) is 30.3 Å². The number of hydrogen-bond acceptors (Lipinski definition) is 0. The molecule has 0 nitrogen and oxygen atoms in total. The van der Waals surface area contributed by atoms with E-state index in [1.54, 1.807) is 31.8 Å². The van der Waals surface area contributed by atoms with Gasteiger partial charge < -0.3 is 30.3 Å². The summed E-state index contributed by atoms with van der Waals surface area (Å²) >= 11 is 0. The molecule has 0 radical (unpaired) electrons. The molecule has 0 saturated carbocycles. The van der Waals surface area contributed by atoms with Gasteiger partial charge in [-0.2, -0.15) is 6.07 Å². The number of unbranched alkanes of at least 4 members (excludes halogenated alkanes) is 4. The second-order valence-electron chi connectivity index (χ2n) is 13.9. The molecule has 6 aromatic carbocycles. The molecule has 280 valence electrons. The van der Waals surface area contributed by atoms with Crippen molar-refractivity contribution >= 4 is 47.7 Å². The number of rotatable bonds is 18. The predicted molar refractivity (Wildman–Crippen MR) is 236 cm³/mol. The zero-order valence-electron chi connectivity index (χ0n) is 32.7. The first-order chi connectivity index (χ1) is 25.7. The minimum absolute atomic E-state index is 0. The smallest absolute Gasteiger partial charge is 0 e. The van der Waals surface area contributed by atoms with E-state index in [4.69, 9.17) is 0 Å². The van der Waals surface area contributed by atoms with Crippen molar-refractivity contribution < 1.29 is 26.2 Å². The molecule has 0 atom stereocenters. The van der Waals surface area contributed by atoms with E-state index in [0.717, 1.165) is 25.7 Å². The summed E-state index contributed by atoms with van der Waals surface area (Å²) < 4.78 is 0. The third-order valence-corrected chi connectivity index (χ3v) is 15.5. The molecule has 0 saturated heterocycles. The summed E-state index contributed by atoms with van der Waals surface area (Å²) in [6.45, 7) is 9.28. The van der Waals surface area contributed by atoms with Gasteiger partial charge in [0.1, 0.15) is 0 Å². The van der Waals surface area contributed by atoms with Gasteiger partial charge in [0.05, 0.1) is 0 Å². The van der Waals surface area contributed by atoms with Gasteiger partial charge in [-0.1, -0.05) is 158 Å². The standard InChI is InChI=1S/C45H55P2.C5H5.Zr/c1-5-9-22-36-26-13-17-30-40(36)46(41-31-18-14-27-37(41)23-10-6-2)44-34-21-35-45(44)47(42-32-19-15-28-38(42)24-11-7-3)43-33-20-16-29-39(43)25-12-8-4;1-2-4-5-3-1;/h13-21,26-35H,5-12,22-25H2,1-4H3;1-5H;/q-1;-5;. The van der Waals surface area contributed by atoms with Crippen LogP contribution >= 0.6 is 15.8 Å². The molecule has 0 N–H and O–H groups in total. The summed E-state index contributed by atoms with van der Waals surface area (Å²) in [6, 6.07) is 55.1. The monoisotopic (exact) mass is 812 g/mol. The number of benzene rings is 4. The second-order valence-corrected chi connectivity index (χ2v) is 18.1. The summed E-state index contributed by atoms with van der Waals surface area (Å²) in [5.41, 5.74) is 6.14. The van der Waals surface area contributed by atoms with Crippen LogP contribution in [-0.2, 0) is 51.9 Å². The zero-order valence-corrected chi connectivity index (χ0v) is 37.0. The molecule has 53 heavy (non-hydrogen) atoms. The van der Waals surface area contributed by atoms with E-state index in [0.29, 0.717) is 0 Å². The van der Waals surface area contributed by atoms with Crippen molar-refractivity contribution in [1.82, 2.24) is 0 Å². The van der Waals surface area contributed by atoms with E-state index >= 15 is 0 Å². The topological polar surface area (TPSA) is 0 Å². The van der Waals surface area contributed by atoms with E-state index in [9.17, 15) is 0 Å². The van der Waals surface area contributed by atoms with Gasteiger partial charge in [-0.25, -0.2) is 12.1 Å². The Labute approximate surface area is 344 Å². The van der Waals surface area contributed by atoms with Crippen molar-refractivity contribution in [1.29, 1.82) is 0 Å². The summed E-state index contributed by atoms with van der Waals surface area (Å²) in [7, 11) is -1.49. The third-order valence-electron chi connectivity index (χ3n) is 9.94. The van der Waals surface area contributed by atoms with Gasteiger partial charge in [0.15, 0.2) is 0 Å². The third kappa shape index (κ3) is 11.9. The second kappa shape index (κ2) is 24.0. The molecule has 6 rings (SSSR count). The van der Waals surface area contributed by atoms with Crippen molar-refractivity contribution in [2.45, 2.75) is 105 Å². The molecule has 0 aliphatic rings. The Kier molecular flexibility index (Phi) is 19.5. The van der Waals surface area contributed by atoms with Crippen LogP contribution in [-0.4, -0.2) is 0 Å². The van der Waals surface area contributed by atoms with Gasteiger partial charge in [0, 0.05) is 26.2 Å². The molecular formula is C50H60P2Zr-6. The van der Waals surface area contributed by atoms with Crippen molar-refractivity contribution in [3.8, 4) is 0 Å². The normalized spacial score (nSPS) is 11.0. The van der Waals surface area contributed by atoms with Crippen LogP contribution in [0.25, 0.3) is 0 Å². The van der Waals surface area contributed by atoms with E-state index in [1.165, 1.54) is 73.6 Å². The summed E-state index contributed by atoms with van der Waals surface area (Å²) in [4.78, 5) is 0. The fourth-order valence-corrected chi connectivity index (χ4v) is 13.2. The Balaban J connectivity index is 0.000000964. The van der Waals surface area contributed by atoms with Crippen LogP contribution in [0.15, 0.2) is 146 Å². The first kappa shape index (κ1) is 43.1. The molecule has 0 spiro atoms. The number of aryl methyl sites for hydroxylation is 4. The van der Waals surface area contributed by atoms with Gasteiger partial charge in [-0.05, 0) is 103 Å². The average Bonchev–Trinajstić information content (AvgIpc) is 3.94. The van der Waals surface area contributed by atoms with Crippen LogP contribution in [0.2, 0.25) is 0 Å². The Morgan fingerprint density at radius 2 is 0.736 bits per heavy atom. The van der Waals surface area contributed by atoms with Crippen molar-refractivity contribution in [2.24, 2.45) is 0 Å². The zero-order chi connectivity index (χ0) is 36.4. The fraction of sp³-hybridized carbons (Fsp3) is 0.320. The largest absolute Gasteiger partial charge is 0.748 e. The fourth-order valence-electron chi connectivity index (χ4n) is 7.11. The van der Waals surface area contributed by atoms with Crippen molar-refractivity contribution in [2.75, 3.05) is 0 Å². The Morgan fingerprint density at radius 1 is 0.415 bits per heavy atom. The van der Waals surface area contributed by atoms with Crippen LogP contribution in [0, 0.1) is 0 Å². The van der Waals surface area contributed by atoms with E-state index in [-0.39, 0.29) is 26.2 Å². The molecule has 0 amide bonds. The van der Waals surface area contributed by atoms with Crippen LogP contribution in [0.3, 0.4) is 0 Å². The molecule has 0 aromatic heterocycles. The Bertz CT molecular complexity index is 1620. The molecule has 0 aliphatic carbocycles. The number of hydrogen-bond donors (Lipinski definition) is 0. The first-order valence-corrected chi connectivity index (χ1v) is 22.7. The summed E-state index contributed by atoms with van der Waals surface area (Å²) in [6.07, 6.45) is 14.4. The van der Waals surface area contributed by atoms with Crippen molar-refractivity contribution in [3.63, 3.8) is 0 Å². The maximum Gasteiger partial charge on any atom is 0 e.